The van der Waals surface area contributed by atoms with Crippen molar-refractivity contribution in [2.45, 2.75) is 6.92 Å². The number of benzene rings is 2. The number of rotatable bonds is 1. The summed E-state index contributed by atoms with van der Waals surface area (Å²) in [7, 11) is 0. The summed E-state index contributed by atoms with van der Waals surface area (Å²) < 4.78 is 13.3. The molecule has 0 aliphatic rings. The normalized spacial score (nSPS) is 10.9. The monoisotopic (exact) mass is 271 g/mol. The van der Waals surface area contributed by atoms with Crippen molar-refractivity contribution < 1.29 is 4.39 Å². The van der Waals surface area contributed by atoms with Gasteiger partial charge in [-0.2, -0.15) is 0 Å². The van der Waals surface area contributed by atoms with E-state index in [9.17, 15) is 4.39 Å². The van der Waals surface area contributed by atoms with E-state index >= 15 is 0 Å². The number of halogens is 2. The second-order valence-corrected chi connectivity index (χ2v) is 4.80. The van der Waals surface area contributed by atoms with Gasteiger partial charge in [-0.3, -0.25) is 0 Å². The van der Waals surface area contributed by atoms with Gasteiger partial charge in [0.05, 0.1) is 16.2 Å². The summed E-state index contributed by atoms with van der Waals surface area (Å²) in [6, 6.07) is 14.1. The second kappa shape index (κ2) is 4.63. The molecule has 94 valence electrons. The molecule has 0 aliphatic carbocycles. The van der Waals surface area contributed by atoms with Crippen LogP contribution in [0.1, 0.15) is 5.56 Å². The van der Waals surface area contributed by atoms with E-state index in [1.54, 1.807) is 6.07 Å². The minimum Gasteiger partial charge on any atom is -0.247 e. The molecule has 0 bridgehead atoms. The van der Waals surface area contributed by atoms with Crippen molar-refractivity contribution >= 4 is 22.5 Å². The van der Waals surface area contributed by atoms with Gasteiger partial charge < -0.3 is 0 Å². The van der Waals surface area contributed by atoms with Gasteiger partial charge in [-0.15, -0.1) is 0 Å². The minimum atomic E-state index is -0.275. The first-order chi connectivity index (χ1) is 9.16. The third kappa shape index (κ3) is 2.08. The molecule has 1 aromatic heterocycles. The Labute approximate surface area is 115 Å². The molecule has 0 saturated heterocycles. The van der Waals surface area contributed by atoms with E-state index in [2.05, 4.69) is 4.98 Å². The molecular formula is C16H11ClFN. The van der Waals surface area contributed by atoms with Crippen LogP contribution in [-0.2, 0) is 0 Å². The average Bonchev–Trinajstić information content (AvgIpc) is 2.43. The molecule has 2 aromatic carbocycles. The molecule has 1 heterocycles. The van der Waals surface area contributed by atoms with Gasteiger partial charge >= 0.3 is 0 Å². The number of pyridine rings is 1. The third-order valence-electron chi connectivity index (χ3n) is 3.16. The van der Waals surface area contributed by atoms with Crippen LogP contribution in [0, 0.1) is 12.7 Å². The zero-order chi connectivity index (χ0) is 13.4. The summed E-state index contributed by atoms with van der Waals surface area (Å²) in [5.74, 6) is -0.275. The fourth-order valence-electron chi connectivity index (χ4n) is 2.18. The zero-order valence-electron chi connectivity index (χ0n) is 10.3. The Morgan fingerprint density at radius 2 is 1.84 bits per heavy atom. The number of hydrogen-bond donors (Lipinski definition) is 0. The van der Waals surface area contributed by atoms with Gasteiger partial charge in [0.1, 0.15) is 5.82 Å². The Morgan fingerprint density at radius 1 is 1.05 bits per heavy atom. The fraction of sp³-hybridized carbons (Fsp3) is 0.0625. The summed E-state index contributed by atoms with van der Waals surface area (Å²) in [4.78, 5) is 4.60. The highest BCUT2D eigenvalue weighted by Gasteiger charge is 2.11. The molecule has 0 fully saturated rings. The number of nitrogens with zero attached hydrogens (tertiary/aromatic N) is 1. The minimum absolute atomic E-state index is 0.275. The number of para-hydroxylation sites is 1. The lowest BCUT2D eigenvalue weighted by molar-refractivity contribution is 0.628. The lowest BCUT2D eigenvalue weighted by Gasteiger charge is -2.10. The lowest BCUT2D eigenvalue weighted by Crippen LogP contribution is -1.92. The molecule has 0 saturated carbocycles. The van der Waals surface area contributed by atoms with E-state index in [4.69, 9.17) is 11.6 Å². The van der Waals surface area contributed by atoms with Crippen molar-refractivity contribution in [3.05, 3.63) is 64.9 Å². The van der Waals surface area contributed by atoms with Crippen LogP contribution in [-0.4, -0.2) is 4.98 Å². The van der Waals surface area contributed by atoms with Crippen molar-refractivity contribution in [1.29, 1.82) is 0 Å². The number of fused-ring (bicyclic) bond motifs is 1. The highest BCUT2D eigenvalue weighted by molar-refractivity contribution is 6.36. The Kier molecular flexibility index (Phi) is 2.96. The van der Waals surface area contributed by atoms with Gasteiger partial charge in [0.15, 0.2) is 0 Å². The van der Waals surface area contributed by atoms with Gasteiger partial charge in [-0.25, -0.2) is 9.37 Å². The van der Waals surface area contributed by atoms with Crippen LogP contribution in [0.5, 0.6) is 0 Å². The van der Waals surface area contributed by atoms with Crippen molar-refractivity contribution in [3.63, 3.8) is 0 Å². The molecule has 0 spiro atoms. The van der Waals surface area contributed by atoms with Crippen LogP contribution >= 0.6 is 11.6 Å². The van der Waals surface area contributed by atoms with Gasteiger partial charge in [0, 0.05) is 10.9 Å². The first-order valence-electron chi connectivity index (χ1n) is 5.97. The molecule has 19 heavy (non-hydrogen) atoms. The van der Waals surface area contributed by atoms with Crippen molar-refractivity contribution in [2.75, 3.05) is 0 Å². The van der Waals surface area contributed by atoms with Crippen molar-refractivity contribution in [2.24, 2.45) is 0 Å². The van der Waals surface area contributed by atoms with Crippen LogP contribution in [0.2, 0.25) is 5.02 Å². The molecule has 0 unspecified atom stereocenters. The van der Waals surface area contributed by atoms with E-state index in [1.807, 2.05) is 37.3 Å². The standard InChI is InChI=1S/C16H11ClFN/c1-10-15(17)13-7-2-3-8-14(13)19-16(10)11-5-4-6-12(18)9-11/h2-9H,1H3. The molecular weight excluding hydrogens is 261 g/mol. The highest BCUT2D eigenvalue weighted by atomic mass is 35.5. The summed E-state index contributed by atoms with van der Waals surface area (Å²) >= 11 is 6.39. The first-order valence-corrected chi connectivity index (χ1v) is 6.35. The fourth-order valence-corrected chi connectivity index (χ4v) is 2.43. The second-order valence-electron chi connectivity index (χ2n) is 4.43. The van der Waals surface area contributed by atoms with Crippen molar-refractivity contribution in [1.82, 2.24) is 4.98 Å². The lowest BCUT2D eigenvalue weighted by atomic mass is 10.0. The maximum absolute atomic E-state index is 13.3. The predicted molar refractivity (Wildman–Crippen MR) is 76.9 cm³/mol. The topological polar surface area (TPSA) is 12.9 Å². The quantitative estimate of drug-likeness (QED) is 0.607. The Balaban J connectivity index is 2.33. The van der Waals surface area contributed by atoms with E-state index in [1.165, 1.54) is 12.1 Å². The van der Waals surface area contributed by atoms with Crippen LogP contribution in [0.4, 0.5) is 4.39 Å². The number of hydrogen-bond acceptors (Lipinski definition) is 1. The summed E-state index contributed by atoms with van der Waals surface area (Å²) in [5.41, 5.74) is 3.15. The van der Waals surface area contributed by atoms with E-state index in [0.29, 0.717) is 5.02 Å². The van der Waals surface area contributed by atoms with Crippen LogP contribution in [0.15, 0.2) is 48.5 Å². The van der Waals surface area contributed by atoms with Crippen LogP contribution < -0.4 is 0 Å². The molecule has 1 nitrogen and oxygen atoms in total. The molecule has 3 rings (SSSR count). The molecule has 0 aliphatic heterocycles. The van der Waals surface area contributed by atoms with Gasteiger partial charge in [-0.05, 0) is 30.7 Å². The van der Waals surface area contributed by atoms with Gasteiger partial charge in [-0.1, -0.05) is 41.9 Å². The molecule has 0 radical (unpaired) electrons. The van der Waals surface area contributed by atoms with E-state index in [0.717, 1.165) is 27.7 Å². The molecule has 0 N–H and O–H groups in total. The van der Waals surface area contributed by atoms with Crippen molar-refractivity contribution in [3.8, 4) is 11.3 Å². The largest absolute Gasteiger partial charge is 0.247 e. The maximum atomic E-state index is 13.3. The van der Waals surface area contributed by atoms with Gasteiger partial charge in [0.25, 0.3) is 0 Å². The molecule has 0 amide bonds. The summed E-state index contributed by atoms with van der Waals surface area (Å²) in [5, 5.41) is 1.59. The molecule has 3 heteroatoms. The first kappa shape index (κ1) is 12.1. The van der Waals surface area contributed by atoms with Gasteiger partial charge in [0.2, 0.25) is 0 Å². The smallest absolute Gasteiger partial charge is 0.123 e. The Bertz CT molecular complexity index is 768. The van der Waals surface area contributed by atoms with E-state index < -0.39 is 0 Å². The zero-order valence-corrected chi connectivity index (χ0v) is 11.1. The SMILES string of the molecule is Cc1c(-c2cccc(F)c2)nc2ccccc2c1Cl. The number of aromatic nitrogens is 1. The third-order valence-corrected chi connectivity index (χ3v) is 3.64. The Morgan fingerprint density at radius 3 is 2.63 bits per heavy atom. The summed E-state index contributed by atoms with van der Waals surface area (Å²) in [6.45, 7) is 1.90. The molecule has 3 aromatic rings. The average molecular weight is 272 g/mol. The van der Waals surface area contributed by atoms with Crippen LogP contribution in [0.25, 0.3) is 22.2 Å². The molecule has 0 atom stereocenters. The predicted octanol–water partition coefficient (Wildman–Crippen LogP) is 5.00. The highest BCUT2D eigenvalue weighted by Crippen LogP contribution is 2.32. The summed E-state index contributed by atoms with van der Waals surface area (Å²) in [6.07, 6.45) is 0. The van der Waals surface area contributed by atoms with E-state index in [-0.39, 0.29) is 5.82 Å². The van der Waals surface area contributed by atoms with Crippen LogP contribution in [0.3, 0.4) is 0 Å². The maximum Gasteiger partial charge on any atom is 0.123 e. The Hall–Kier alpha value is -1.93.